The van der Waals surface area contributed by atoms with Crippen molar-refractivity contribution >= 4 is 11.9 Å². The first-order chi connectivity index (χ1) is 16.0. The van der Waals surface area contributed by atoms with Crippen LogP contribution in [0.15, 0.2) is 23.3 Å². The van der Waals surface area contributed by atoms with Gasteiger partial charge in [0.1, 0.15) is 18.3 Å². The minimum Gasteiger partial charge on any atom is -0.387 e. The van der Waals surface area contributed by atoms with E-state index in [1.165, 1.54) is 5.57 Å². The largest absolute Gasteiger partial charge is 0.387 e. The molecule has 3 rings (SSSR count). The van der Waals surface area contributed by atoms with Crippen molar-refractivity contribution in [2.75, 3.05) is 13.2 Å². The Hall–Kier alpha value is -1.82. The summed E-state index contributed by atoms with van der Waals surface area (Å²) in [6.07, 6.45) is 1.34. The minimum atomic E-state index is -1.50. The van der Waals surface area contributed by atoms with Gasteiger partial charge in [-0.3, -0.25) is 15.0 Å². The van der Waals surface area contributed by atoms with Crippen LogP contribution in [0.5, 0.6) is 0 Å². The lowest BCUT2D eigenvalue weighted by Crippen LogP contribution is -2.56. The van der Waals surface area contributed by atoms with Crippen molar-refractivity contribution in [3.8, 4) is 0 Å². The number of carbonyl (C=O) groups is 2. The third-order valence-electron chi connectivity index (χ3n) is 6.68. The number of allylic oxidation sites excluding steroid dienone is 3. The Balaban J connectivity index is 1.40. The molecule has 0 aliphatic carbocycles. The van der Waals surface area contributed by atoms with E-state index in [9.17, 15) is 24.9 Å². The minimum absolute atomic E-state index is 0.0451. The molecule has 192 valence electrons. The standard InChI is InChI=1S/C24H38N2O8/c1-14(2)6-5-11-24(4)16(34-24)8-7-15(3)10-13-32-22(30)20-18(28)19(29)21(33-20)26-12-9-17(27)25-23(26)31/h6,10,16,18-22,28-30H,5,7-9,11-13H2,1-4H3,(H,25,27,31)/b15-10+/t16?,18-,19+,20-,21+,22?,24?/m0/s1. The zero-order chi connectivity index (χ0) is 25.0. The number of carbonyl (C=O) groups excluding carboxylic acids is 2. The zero-order valence-electron chi connectivity index (χ0n) is 20.4. The Morgan fingerprint density at radius 3 is 2.68 bits per heavy atom. The van der Waals surface area contributed by atoms with Crippen LogP contribution in [0.1, 0.15) is 59.8 Å². The van der Waals surface area contributed by atoms with Crippen molar-refractivity contribution in [2.45, 2.75) is 102 Å². The van der Waals surface area contributed by atoms with Crippen LogP contribution in [0.4, 0.5) is 4.79 Å². The predicted octanol–water partition coefficient (Wildman–Crippen LogP) is 1.34. The molecule has 3 unspecified atom stereocenters. The lowest BCUT2D eigenvalue weighted by atomic mass is 9.96. The fourth-order valence-corrected chi connectivity index (χ4v) is 4.37. The van der Waals surface area contributed by atoms with Gasteiger partial charge in [-0.15, -0.1) is 0 Å². The number of urea groups is 1. The number of rotatable bonds is 11. The Labute approximate surface area is 200 Å². The van der Waals surface area contributed by atoms with E-state index in [0.29, 0.717) is 0 Å². The maximum Gasteiger partial charge on any atom is 0.326 e. The highest BCUT2D eigenvalue weighted by molar-refractivity contribution is 5.96. The Bertz CT molecular complexity index is 811. The monoisotopic (exact) mass is 482 g/mol. The fraction of sp³-hybridized carbons (Fsp3) is 0.750. The van der Waals surface area contributed by atoms with Gasteiger partial charge in [-0.2, -0.15) is 0 Å². The van der Waals surface area contributed by atoms with Gasteiger partial charge in [-0.1, -0.05) is 23.3 Å². The molecule has 3 saturated heterocycles. The molecule has 0 aromatic heterocycles. The number of ether oxygens (including phenoxy) is 3. The van der Waals surface area contributed by atoms with Gasteiger partial charge in [-0.25, -0.2) is 4.79 Å². The highest BCUT2D eigenvalue weighted by Crippen LogP contribution is 2.43. The lowest BCUT2D eigenvalue weighted by Gasteiger charge is -2.32. The summed E-state index contributed by atoms with van der Waals surface area (Å²) >= 11 is 0. The predicted molar refractivity (Wildman–Crippen MR) is 122 cm³/mol. The second-order valence-electron chi connectivity index (χ2n) is 9.82. The van der Waals surface area contributed by atoms with Gasteiger partial charge in [0, 0.05) is 13.0 Å². The summed E-state index contributed by atoms with van der Waals surface area (Å²) in [5.41, 5.74) is 2.36. The molecule has 3 amide bonds. The maximum absolute atomic E-state index is 12.0. The summed E-state index contributed by atoms with van der Waals surface area (Å²) < 4.78 is 16.8. The summed E-state index contributed by atoms with van der Waals surface area (Å²) in [7, 11) is 0. The van der Waals surface area contributed by atoms with E-state index in [4.69, 9.17) is 14.2 Å². The molecule has 4 N–H and O–H groups in total. The molecule has 0 radical (unpaired) electrons. The third kappa shape index (κ3) is 6.65. The molecular weight excluding hydrogens is 444 g/mol. The Morgan fingerprint density at radius 2 is 2.00 bits per heavy atom. The molecule has 3 aliphatic rings. The summed E-state index contributed by atoms with van der Waals surface area (Å²) in [6.45, 7) is 8.46. The third-order valence-corrected chi connectivity index (χ3v) is 6.68. The Kier molecular flexibility index (Phi) is 8.88. The van der Waals surface area contributed by atoms with Gasteiger partial charge in [-0.05, 0) is 53.4 Å². The van der Waals surface area contributed by atoms with E-state index in [-0.39, 0.29) is 31.3 Å². The number of hydrogen-bond donors (Lipinski definition) is 4. The molecule has 3 fully saturated rings. The van der Waals surface area contributed by atoms with E-state index in [1.54, 1.807) is 0 Å². The first-order valence-corrected chi connectivity index (χ1v) is 11.9. The average molecular weight is 483 g/mol. The van der Waals surface area contributed by atoms with Crippen LogP contribution in [0.25, 0.3) is 0 Å². The van der Waals surface area contributed by atoms with Crippen molar-refractivity contribution < 1.29 is 39.1 Å². The highest BCUT2D eigenvalue weighted by atomic mass is 16.6. The first-order valence-electron chi connectivity index (χ1n) is 11.9. The maximum atomic E-state index is 12.0. The SMILES string of the molecule is CC(C)=CCCC1(C)OC1CC/C(C)=C/COC(O)[C@H]1O[C@@H](N2CCC(=O)NC2=O)[C@H](O)[C@@H]1O. The highest BCUT2D eigenvalue weighted by Gasteiger charge is 2.51. The second-order valence-corrected chi connectivity index (χ2v) is 9.82. The van der Waals surface area contributed by atoms with Gasteiger partial charge in [0.15, 0.2) is 12.5 Å². The number of nitrogens with zero attached hydrogens (tertiary/aromatic N) is 1. The average Bonchev–Trinajstić information content (AvgIpc) is 3.32. The lowest BCUT2D eigenvalue weighted by molar-refractivity contribution is -0.194. The number of nitrogens with one attached hydrogen (secondary N) is 1. The van der Waals surface area contributed by atoms with Crippen molar-refractivity contribution in [3.05, 3.63) is 23.3 Å². The molecule has 34 heavy (non-hydrogen) atoms. The van der Waals surface area contributed by atoms with Gasteiger partial charge in [0.25, 0.3) is 0 Å². The molecule has 10 nitrogen and oxygen atoms in total. The topological polar surface area (TPSA) is 141 Å². The van der Waals surface area contributed by atoms with E-state index in [1.807, 2.05) is 13.0 Å². The van der Waals surface area contributed by atoms with Crippen LogP contribution in [0.3, 0.4) is 0 Å². The summed E-state index contributed by atoms with van der Waals surface area (Å²) in [4.78, 5) is 24.5. The van der Waals surface area contributed by atoms with E-state index < -0.39 is 42.8 Å². The van der Waals surface area contributed by atoms with Crippen molar-refractivity contribution in [2.24, 2.45) is 0 Å². The van der Waals surface area contributed by atoms with Crippen LogP contribution < -0.4 is 5.32 Å². The molecule has 10 heteroatoms. The quantitative estimate of drug-likeness (QED) is 0.196. The van der Waals surface area contributed by atoms with Crippen molar-refractivity contribution in [1.82, 2.24) is 10.2 Å². The van der Waals surface area contributed by atoms with Crippen molar-refractivity contribution in [1.29, 1.82) is 0 Å². The number of amides is 3. The molecule has 3 heterocycles. The normalized spacial score (nSPS) is 34.7. The summed E-state index contributed by atoms with van der Waals surface area (Å²) in [5.74, 6) is -0.419. The van der Waals surface area contributed by atoms with Gasteiger partial charge < -0.3 is 29.5 Å². The fourth-order valence-electron chi connectivity index (χ4n) is 4.37. The zero-order valence-corrected chi connectivity index (χ0v) is 20.4. The molecule has 7 atom stereocenters. The number of aliphatic hydroxyl groups excluding tert-OH is 3. The Morgan fingerprint density at radius 1 is 1.26 bits per heavy atom. The summed E-state index contributed by atoms with van der Waals surface area (Å²) in [6, 6.07) is -0.713. The number of imide groups is 1. The molecule has 0 aromatic carbocycles. The molecule has 0 saturated carbocycles. The van der Waals surface area contributed by atoms with Crippen LogP contribution >= 0.6 is 0 Å². The number of hydrogen-bond acceptors (Lipinski definition) is 8. The van der Waals surface area contributed by atoms with Gasteiger partial charge in [0.2, 0.25) is 5.91 Å². The van der Waals surface area contributed by atoms with Crippen LogP contribution in [-0.4, -0.2) is 87.8 Å². The van der Waals surface area contributed by atoms with Crippen molar-refractivity contribution in [3.63, 3.8) is 0 Å². The summed E-state index contributed by atoms with van der Waals surface area (Å²) in [5, 5.41) is 33.1. The van der Waals surface area contributed by atoms with Crippen LogP contribution in [-0.2, 0) is 19.0 Å². The molecule has 0 bridgehead atoms. The molecule has 0 spiro atoms. The van der Waals surface area contributed by atoms with E-state index in [2.05, 4.69) is 32.2 Å². The smallest absolute Gasteiger partial charge is 0.326 e. The number of epoxide rings is 1. The van der Waals surface area contributed by atoms with E-state index >= 15 is 0 Å². The van der Waals surface area contributed by atoms with Gasteiger partial charge in [0.05, 0.1) is 18.3 Å². The first kappa shape index (κ1) is 26.8. The van der Waals surface area contributed by atoms with Gasteiger partial charge >= 0.3 is 6.03 Å². The number of aliphatic hydroxyl groups is 3. The second kappa shape index (κ2) is 11.3. The van der Waals surface area contributed by atoms with Crippen LogP contribution in [0, 0.1) is 0 Å². The van der Waals surface area contributed by atoms with Crippen LogP contribution in [0.2, 0.25) is 0 Å². The molecule has 3 aliphatic heterocycles. The van der Waals surface area contributed by atoms with E-state index in [0.717, 1.165) is 36.2 Å². The molecular formula is C24H38N2O8. The molecule has 0 aromatic rings.